The summed E-state index contributed by atoms with van der Waals surface area (Å²) in [6.45, 7) is 0.488. The molecule has 0 aliphatic heterocycles. The molecule has 0 radical (unpaired) electrons. The largest absolute Gasteiger partial charge is 0.385 e. The molecule has 1 N–H and O–H groups in total. The molecule has 0 bridgehead atoms. The van der Waals surface area contributed by atoms with Crippen molar-refractivity contribution in [2.24, 2.45) is 0 Å². The van der Waals surface area contributed by atoms with Crippen molar-refractivity contribution in [3.8, 4) is 6.07 Å². The van der Waals surface area contributed by atoms with Crippen LogP contribution in [0.5, 0.6) is 0 Å². The fourth-order valence-corrected chi connectivity index (χ4v) is 1.76. The molecule has 0 saturated carbocycles. The Hall–Kier alpha value is -2.67. The van der Waals surface area contributed by atoms with Crippen molar-refractivity contribution in [2.75, 3.05) is 11.9 Å². The van der Waals surface area contributed by atoms with Crippen molar-refractivity contribution >= 4 is 11.5 Å². The number of carbonyl (C=O) groups is 1. The summed E-state index contributed by atoms with van der Waals surface area (Å²) in [6.07, 6.45) is 0.325. The monoisotopic (exact) mass is 268 g/mol. The van der Waals surface area contributed by atoms with E-state index in [0.717, 1.165) is 5.69 Å². The zero-order valence-electron chi connectivity index (χ0n) is 10.8. The Morgan fingerprint density at radius 1 is 1.10 bits per heavy atom. The number of nitrogens with zero attached hydrogens (tertiary/aromatic N) is 1. The maximum Gasteiger partial charge on any atom is 0.164 e. The lowest BCUT2D eigenvalue weighted by atomic mass is 10.1. The number of benzene rings is 2. The first kappa shape index (κ1) is 13.8. The molecule has 3 nitrogen and oxygen atoms in total. The lowest BCUT2D eigenvalue weighted by Gasteiger charge is -2.06. The quantitative estimate of drug-likeness (QED) is 0.846. The lowest BCUT2D eigenvalue weighted by Crippen LogP contribution is -2.08. The minimum Gasteiger partial charge on any atom is -0.385 e. The average Bonchev–Trinajstić information content (AvgIpc) is 2.48. The molecule has 0 aliphatic rings. The van der Waals surface area contributed by atoms with Gasteiger partial charge in [0.15, 0.2) is 5.78 Å². The van der Waals surface area contributed by atoms with Crippen LogP contribution in [0.3, 0.4) is 0 Å². The van der Waals surface area contributed by atoms with Gasteiger partial charge in [-0.15, -0.1) is 0 Å². The molecule has 100 valence electrons. The van der Waals surface area contributed by atoms with Gasteiger partial charge in [-0.05, 0) is 48.5 Å². The van der Waals surface area contributed by atoms with E-state index in [1.54, 1.807) is 24.3 Å². The Bertz CT molecular complexity index is 627. The van der Waals surface area contributed by atoms with Gasteiger partial charge < -0.3 is 5.32 Å². The summed E-state index contributed by atoms with van der Waals surface area (Å²) < 4.78 is 12.7. The standard InChI is InChI=1S/C16H13FN2O/c17-14-5-3-13(4-6-14)16(20)9-10-19-15-7-1-12(11-18)2-8-15/h1-8,19H,9-10H2. The van der Waals surface area contributed by atoms with E-state index in [0.29, 0.717) is 24.1 Å². The van der Waals surface area contributed by atoms with Gasteiger partial charge in [-0.25, -0.2) is 4.39 Å². The van der Waals surface area contributed by atoms with E-state index in [1.165, 1.54) is 24.3 Å². The molecule has 0 unspecified atom stereocenters. The number of Topliss-reactive ketones (excluding diaryl/α,β-unsaturated/α-hetero) is 1. The molecule has 0 aliphatic carbocycles. The highest BCUT2D eigenvalue weighted by Crippen LogP contribution is 2.10. The van der Waals surface area contributed by atoms with E-state index in [2.05, 4.69) is 5.32 Å². The predicted octanol–water partition coefficient (Wildman–Crippen LogP) is 3.38. The molecule has 0 spiro atoms. The molecule has 0 atom stereocenters. The Balaban J connectivity index is 1.84. The summed E-state index contributed by atoms with van der Waals surface area (Å²) >= 11 is 0. The number of halogens is 1. The fraction of sp³-hybridized carbons (Fsp3) is 0.125. The molecule has 2 rings (SSSR count). The summed E-state index contributed by atoms with van der Waals surface area (Å²) in [4.78, 5) is 11.8. The molecular weight excluding hydrogens is 255 g/mol. The number of ketones is 1. The maximum absolute atomic E-state index is 12.7. The smallest absolute Gasteiger partial charge is 0.164 e. The second-order valence-electron chi connectivity index (χ2n) is 4.30. The van der Waals surface area contributed by atoms with Crippen LogP contribution in [0.4, 0.5) is 10.1 Å². The minimum atomic E-state index is -0.350. The number of carbonyl (C=O) groups excluding carboxylic acids is 1. The Morgan fingerprint density at radius 2 is 1.75 bits per heavy atom. The van der Waals surface area contributed by atoms with Gasteiger partial charge in [0.05, 0.1) is 11.6 Å². The van der Waals surface area contributed by atoms with Crippen molar-refractivity contribution < 1.29 is 9.18 Å². The predicted molar refractivity (Wildman–Crippen MR) is 75.0 cm³/mol. The molecule has 4 heteroatoms. The maximum atomic E-state index is 12.7. The second-order valence-corrected chi connectivity index (χ2v) is 4.30. The lowest BCUT2D eigenvalue weighted by molar-refractivity contribution is 0.0986. The van der Waals surface area contributed by atoms with E-state index in [9.17, 15) is 9.18 Å². The van der Waals surface area contributed by atoms with E-state index in [1.807, 2.05) is 6.07 Å². The number of hydrogen-bond acceptors (Lipinski definition) is 3. The average molecular weight is 268 g/mol. The van der Waals surface area contributed by atoms with Gasteiger partial charge >= 0.3 is 0 Å². The molecule has 0 heterocycles. The van der Waals surface area contributed by atoms with Crippen LogP contribution in [0.1, 0.15) is 22.3 Å². The normalized spacial score (nSPS) is 9.80. The third-order valence-electron chi connectivity index (χ3n) is 2.86. The number of nitriles is 1. The topological polar surface area (TPSA) is 52.9 Å². The van der Waals surface area contributed by atoms with Crippen molar-refractivity contribution in [1.29, 1.82) is 5.26 Å². The first-order valence-electron chi connectivity index (χ1n) is 6.22. The van der Waals surface area contributed by atoms with Crippen LogP contribution < -0.4 is 5.32 Å². The van der Waals surface area contributed by atoms with E-state index in [-0.39, 0.29) is 11.6 Å². The van der Waals surface area contributed by atoms with Crippen molar-refractivity contribution in [3.63, 3.8) is 0 Å². The van der Waals surface area contributed by atoms with Gasteiger partial charge in [-0.1, -0.05) is 0 Å². The van der Waals surface area contributed by atoms with E-state index >= 15 is 0 Å². The molecule has 2 aromatic rings. The van der Waals surface area contributed by atoms with Crippen molar-refractivity contribution in [3.05, 3.63) is 65.5 Å². The van der Waals surface area contributed by atoms with Crippen LogP contribution in [0.25, 0.3) is 0 Å². The molecule has 20 heavy (non-hydrogen) atoms. The molecular formula is C16H13FN2O. The summed E-state index contributed by atoms with van der Waals surface area (Å²) in [5, 5.41) is 11.8. The number of anilines is 1. The highest BCUT2D eigenvalue weighted by Gasteiger charge is 2.05. The molecule has 2 aromatic carbocycles. The summed E-state index contributed by atoms with van der Waals surface area (Å²) in [6, 6.07) is 14.6. The van der Waals surface area contributed by atoms with Gasteiger partial charge in [0, 0.05) is 24.2 Å². The summed E-state index contributed by atoms with van der Waals surface area (Å²) in [7, 11) is 0. The Morgan fingerprint density at radius 3 is 2.35 bits per heavy atom. The van der Waals surface area contributed by atoms with E-state index in [4.69, 9.17) is 5.26 Å². The minimum absolute atomic E-state index is 0.0360. The summed E-state index contributed by atoms with van der Waals surface area (Å²) in [5.74, 6) is -0.386. The molecule has 0 amide bonds. The Kier molecular flexibility index (Phi) is 4.46. The summed E-state index contributed by atoms with van der Waals surface area (Å²) in [5.41, 5.74) is 1.96. The van der Waals surface area contributed by atoms with Gasteiger partial charge in [0.25, 0.3) is 0 Å². The van der Waals surface area contributed by atoms with Crippen molar-refractivity contribution in [2.45, 2.75) is 6.42 Å². The number of hydrogen-bond donors (Lipinski definition) is 1. The Labute approximate surface area is 116 Å². The number of nitrogens with one attached hydrogen (secondary N) is 1. The third-order valence-corrected chi connectivity index (χ3v) is 2.86. The second kappa shape index (κ2) is 6.48. The third kappa shape index (κ3) is 3.66. The molecule has 0 fully saturated rings. The molecule has 0 saturated heterocycles. The SMILES string of the molecule is N#Cc1ccc(NCCC(=O)c2ccc(F)cc2)cc1. The van der Waals surface area contributed by atoms with Gasteiger partial charge in [0.2, 0.25) is 0 Å². The van der Waals surface area contributed by atoms with Crippen LogP contribution in [0, 0.1) is 17.1 Å². The van der Waals surface area contributed by atoms with E-state index < -0.39 is 0 Å². The highest BCUT2D eigenvalue weighted by molar-refractivity contribution is 5.96. The van der Waals surface area contributed by atoms with Gasteiger partial charge in [0.1, 0.15) is 5.82 Å². The van der Waals surface area contributed by atoms with Crippen LogP contribution in [-0.4, -0.2) is 12.3 Å². The number of rotatable bonds is 5. The van der Waals surface area contributed by atoms with Crippen LogP contribution in [0.15, 0.2) is 48.5 Å². The van der Waals surface area contributed by atoms with Crippen LogP contribution in [-0.2, 0) is 0 Å². The highest BCUT2D eigenvalue weighted by atomic mass is 19.1. The van der Waals surface area contributed by atoms with Crippen LogP contribution in [0.2, 0.25) is 0 Å². The van der Waals surface area contributed by atoms with Crippen molar-refractivity contribution in [1.82, 2.24) is 0 Å². The van der Waals surface area contributed by atoms with Crippen LogP contribution >= 0.6 is 0 Å². The molecule has 0 aromatic heterocycles. The first-order valence-corrected chi connectivity index (χ1v) is 6.22. The first-order chi connectivity index (χ1) is 9.69. The van der Waals surface area contributed by atoms with Gasteiger partial charge in [-0.3, -0.25) is 4.79 Å². The fourth-order valence-electron chi connectivity index (χ4n) is 1.76. The zero-order valence-corrected chi connectivity index (χ0v) is 10.8. The van der Waals surface area contributed by atoms with Gasteiger partial charge in [-0.2, -0.15) is 5.26 Å². The zero-order chi connectivity index (χ0) is 14.4.